The molecule has 1 saturated carbocycles. The van der Waals surface area contributed by atoms with Gasteiger partial charge in [-0.3, -0.25) is 4.79 Å². The van der Waals surface area contributed by atoms with E-state index in [1.165, 1.54) is 12.8 Å². The van der Waals surface area contributed by atoms with E-state index in [4.69, 9.17) is 4.74 Å². The summed E-state index contributed by atoms with van der Waals surface area (Å²) >= 11 is 0. The molecule has 1 saturated heterocycles. The second kappa shape index (κ2) is 4.97. The Morgan fingerprint density at radius 2 is 2.20 bits per heavy atom. The van der Waals surface area contributed by atoms with E-state index in [0.717, 1.165) is 32.4 Å². The summed E-state index contributed by atoms with van der Waals surface area (Å²) in [6, 6.07) is 0.381. The lowest BCUT2D eigenvalue weighted by atomic mass is 9.90. The Kier molecular flexibility index (Phi) is 3.62. The van der Waals surface area contributed by atoms with E-state index in [1.54, 1.807) is 0 Å². The Bertz CT molecular complexity index is 228. The zero-order chi connectivity index (χ0) is 10.7. The van der Waals surface area contributed by atoms with E-state index in [-0.39, 0.29) is 0 Å². The lowest BCUT2D eigenvalue weighted by Crippen LogP contribution is -2.54. The summed E-state index contributed by atoms with van der Waals surface area (Å²) in [6.07, 6.45) is 6.77. The smallest absolute Gasteiger partial charge is 0.222 e. The van der Waals surface area contributed by atoms with Gasteiger partial charge >= 0.3 is 0 Å². The number of morpholine rings is 1. The molecule has 0 unspecified atom stereocenters. The summed E-state index contributed by atoms with van der Waals surface area (Å²) in [7, 11) is 0. The van der Waals surface area contributed by atoms with Gasteiger partial charge in [0.15, 0.2) is 0 Å². The quantitative estimate of drug-likeness (QED) is 0.698. The Morgan fingerprint density at radius 3 is 3.00 bits per heavy atom. The van der Waals surface area contributed by atoms with Crippen LogP contribution in [0.25, 0.3) is 0 Å². The molecule has 0 aromatic heterocycles. The minimum absolute atomic E-state index is 0.327. The molecule has 0 aromatic rings. The van der Waals surface area contributed by atoms with Crippen molar-refractivity contribution < 1.29 is 9.53 Å². The highest BCUT2D eigenvalue weighted by Gasteiger charge is 2.35. The van der Waals surface area contributed by atoms with Crippen molar-refractivity contribution in [3.8, 4) is 0 Å². The normalized spacial score (nSPS) is 31.1. The van der Waals surface area contributed by atoms with Crippen LogP contribution in [0.1, 0.15) is 45.4 Å². The van der Waals surface area contributed by atoms with Crippen LogP contribution in [0.15, 0.2) is 0 Å². The molecule has 1 amide bonds. The van der Waals surface area contributed by atoms with Crippen molar-refractivity contribution in [2.75, 3.05) is 13.2 Å². The highest BCUT2D eigenvalue weighted by Crippen LogP contribution is 2.28. The van der Waals surface area contributed by atoms with Gasteiger partial charge in [-0.1, -0.05) is 19.8 Å². The number of fused-ring (bicyclic) bond motifs is 1. The Labute approximate surface area is 91.8 Å². The number of amides is 1. The topological polar surface area (TPSA) is 29.5 Å². The average molecular weight is 211 g/mol. The largest absolute Gasteiger partial charge is 0.374 e. The molecule has 1 aliphatic heterocycles. The van der Waals surface area contributed by atoms with Crippen LogP contribution in [0.2, 0.25) is 0 Å². The molecule has 0 spiro atoms. The number of carbonyl (C=O) groups is 1. The Balaban J connectivity index is 2.00. The highest BCUT2D eigenvalue weighted by atomic mass is 16.5. The van der Waals surface area contributed by atoms with Gasteiger partial charge in [0.1, 0.15) is 0 Å². The number of ether oxygens (including phenoxy) is 1. The van der Waals surface area contributed by atoms with E-state index < -0.39 is 0 Å². The number of hydrogen-bond acceptors (Lipinski definition) is 2. The predicted octanol–water partition coefficient (Wildman–Crippen LogP) is 1.96. The van der Waals surface area contributed by atoms with Gasteiger partial charge in [-0.05, 0) is 19.3 Å². The van der Waals surface area contributed by atoms with Gasteiger partial charge in [0.2, 0.25) is 5.91 Å². The van der Waals surface area contributed by atoms with Gasteiger partial charge in [-0.2, -0.15) is 0 Å². The maximum absolute atomic E-state index is 11.9. The third kappa shape index (κ3) is 2.33. The zero-order valence-electron chi connectivity index (χ0n) is 9.58. The molecule has 3 nitrogen and oxygen atoms in total. The summed E-state index contributed by atoms with van der Waals surface area (Å²) in [4.78, 5) is 14.0. The Hall–Kier alpha value is -0.570. The molecular formula is C12H21NO2. The molecule has 86 valence electrons. The number of hydrogen-bond donors (Lipinski definition) is 0. The van der Waals surface area contributed by atoms with Crippen LogP contribution < -0.4 is 0 Å². The van der Waals surface area contributed by atoms with Crippen molar-refractivity contribution in [3.05, 3.63) is 0 Å². The van der Waals surface area contributed by atoms with Gasteiger partial charge in [-0.25, -0.2) is 0 Å². The minimum Gasteiger partial charge on any atom is -0.374 e. The fraction of sp³-hybridized carbons (Fsp3) is 0.917. The summed E-state index contributed by atoms with van der Waals surface area (Å²) in [6.45, 7) is 3.60. The highest BCUT2D eigenvalue weighted by molar-refractivity contribution is 5.76. The molecular weight excluding hydrogens is 190 g/mol. The molecule has 1 heterocycles. The van der Waals surface area contributed by atoms with Crippen molar-refractivity contribution in [1.29, 1.82) is 0 Å². The van der Waals surface area contributed by atoms with Crippen molar-refractivity contribution >= 4 is 5.91 Å². The third-order valence-electron chi connectivity index (χ3n) is 3.52. The molecule has 2 atom stereocenters. The number of carbonyl (C=O) groups excluding carboxylic acids is 1. The number of rotatable bonds is 2. The van der Waals surface area contributed by atoms with E-state index in [0.29, 0.717) is 24.5 Å². The molecule has 1 aliphatic carbocycles. The van der Waals surface area contributed by atoms with Gasteiger partial charge < -0.3 is 9.64 Å². The maximum atomic E-state index is 11.9. The van der Waals surface area contributed by atoms with E-state index in [1.807, 2.05) is 0 Å². The first-order chi connectivity index (χ1) is 7.33. The molecule has 0 radical (unpaired) electrons. The molecule has 2 aliphatic rings. The first kappa shape index (κ1) is 10.9. The van der Waals surface area contributed by atoms with Crippen LogP contribution in [0.4, 0.5) is 0 Å². The maximum Gasteiger partial charge on any atom is 0.222 e. The Morgan fingerprint density at radius 1 is 1.40 bits per heavy atom. The average Bonchev–Trinajstić information content (AvgIpc) is 2.28. The second-order valence-corrected chi connectivity index (χ2v) is 4.60. The molecule has 3 heteroatoms. The van der Waals surface area contributed by atoms with Crippen LogP contribution in [0.5, 0.6) is 0 Å². The molecule has 0 N–H and O–H groups in total. The van der Waals surface area contributed by atoms with Crippen molar-refractivity contribution in [2.45, 2.75) is 57.6 Å². The summed E-state index contributed by atoms with van der Waals surface area (Å²) in [5.41, 5.74) is 0. The number of nitrogens with zero attached hydrogens (tertiary/aromatic N) is 1. The lowest BCUT2D eigenvalue weighted by molar-refractivity contribution is -0.149. The minimum atomic E-state index is 0.327. The molecule has 0 aromatic carbocycles. The summed E-state index contributed by atoms with van der Waals surface area (Å²) in [5.74, 6) is 0.331. The van der Waals surface area contributed by atoms with E-state index >= 15 is 0 Å². The standard InChI is InChI=1S/C12H21NO2/c1-2-5-12(14)13-8-9-15-11-7-4-3-6-10(11)13/h10-11H,2-9H2,1H3/t10-,11-/m0/s1. The lowest BCUT2D eigenvalue weighted by Gasteiger charge is -2.43. The van der Waals surface area contributed by atoms with Crippen LogP contribution in [-0.2, 0) is 9.53 Å². The van der Waals surface area contributed by atoms with Crippen LogP contribution in [0, 0.1) is 0 Å². The van der Waals surface area contributed by atoms with Gasteiger partial charge in [0.25, 0.3) is 0 Å². The third-order valence-corrected chi connectivity index (χ3v) is 3.52. The monoisotopic (exact) mass is 211 g/mol. The van der Waals surface area contributed by atoms with Gasteiger partial charge in [0, 0.05) is 13.0 Å². The summed E-state index contributed by atoms with van der Waals surface area (Å²) in [5, 5.41) is 0. The molecule has 2 rings (SSSR count). The van der Waals surface area contributed by atoms with Crippen molar-refractivity contribution in [3.63, 3.8) is 0 Å². The van der Waals surface area contributed by atoms with E-state index in [9.17, 15) is 4.79 Å². The first-order valence-electron chi connectivity index (χ1n) is 6.24. The van der Waals surface area contributed by atoms with Crippen LogP contribution in [-0.4, -0.2) is 36.1 Å². The van der Waals surface area contributed by atoms with E-state index in [2.05, 4.69) is 11.8 Å². The SMILES string of the molecule is CCCC(=O)N1CCO[C@H]2CCCC[C@@H]21. The molecule has 15 heavy (non-hydrogen) atoms. The van der Waals surface area contributed by atoms with Crippen LogP contribution >= 0.6 is 0 Å². The molecule has 2 fully saturated rings. The van der Waals surface area contributed by atoms with Gasteiger partial charge in [0.05, 0.1) is 18.8 Å². The molecule has 0 bridgehead atoms. The van der Waals surface area contributed by atoms with Crippen molar-refractivity contribution in [1.82, 2.24) is 4.90 Å². The van der Waals surface area contributed by atoms with Crippen molar-refractivity contribution in [2.24, 2.45) is 0 Å². The second-order valence-electron chi connectivity index (χ2n) is 4.60. The predicted molar refractivity (Wildman–Crippen MR) is 58.6 cm³/mol. The first-order valence-corrected chi connectivity index (χ1v) is 6.24. The fourth-order valence-corrected chi connectivity index (χ4v) is 2.76. The fourth-order valence-electron chi connectivity index (χ4n) is 2.76. The van der Waals surface area contributed by atoms with Crippen LogP contribution in [0.3, 0.4) is 0 Å². The van der Waals surface area contributed by atoms with Gasteiger partial charge in [-0.15, -0.1) is 0 Å². The zero-order valence-corrected chi connectivity index (χ0v) is 9.58. The summed E-state index contributed by atoms with van der Waals surface area (Å²) < 4.78 is 5.75.